The van der Waals surface area contributed by atoms with Crippen molar-refractivity contribution in [1.82, 2.24) is 28.2 Å². The first-order valence-corrected chi connectivity index (χ1v) is 11.8. The summed E-state index contributed by atoms with van der Waals surface area (Å²) in [5, 5.41) is 1.37. The van der Waals surface area contributed by atoms with E-state index in [0.29, 0.717) is 40.4 Å². The van der Waals surface area contributed by atoms with E-state index in [4.69, 9.17) is 4.98 Å². The Morgan fingerprint density at radius 3 is 2.55 bits per heavy atom. The minimum absolute atomic E-state index is 0.0106. The Morgan fingerprint density at radius 1 is 1.10 bits per heavy atom. The van der Waals surface area contributed by atoms with Gasteiger partial charge in [-0.15, -0.1) is 11.3 Å². The van der Waals surface area contributed by atoms with Gasteiger partial charge in [-0.1, -0.05) is 11.8 Å². The predicted molar refractivity (Wildman–Crippen MR) is 125 cm³/mol. The molecule has 0 spiro atoms. The number of aromatic nitrogens is 6. The molecule has 164 valence electrons. The SMILES string of the molecule is CCn1c(SCCCn2c(=O)c3c(ncn3C)n(C)c2=O)nc2sc(C)c(C)c2c1=O. The van der Waals surface area contributed by atoms with Gasteiger partial charge in [0.2, 0.25) is 0 Å². The van der Waals surface area contributed by atoms with Crippen molar-refractivity contribution in [3.8, 4) is 0 Å². The summed E-state index contributed by atoms with van der Waals surface area (Å²) in [5.74, 6) is 0.625. The first kappa shape index (κ1) is 21.6. The van der Waals surface area contributed by atoms with E-state index >= 15 is 0 Å². The highest BCUT2D eigenvalue weighted by Crippen LogP contribution is 2.28. The second kappa shape index (κ2) is 8.12. The van der Waals surface area contributed by atoms with Gasteiger partial charge in [0.1, 0.15) is 4.83 Å². The summed E-state index contributed by atoms with van der Waals surface area (Å²) in [4.78, 5) is 49.1. The Labute approximate surface area is 186 Å². The van der Waals surface area contributed by atoms with Gasteiger partial charge >= 0.3 is 5.69 Å². The minimum Gasteiger partial charge on any atom is -0.328 e. The molecule has 0 saturated heterocycles. The molecule has 31 heavy (non-hydrogen) atoms. The van der Waals surface area contributed by atoms with Crippen molar-refractivity contribution in [2.45, 2.75) is 45.4 Å². The number of hydrogen-bond acceptors (Lipinski definition) is 7. The molecule has 0 N–H and O–H groups in total. The second-order valence-electron chi connectivity index (χ2n) is 7.44. The zero-order valence-electron chi connectivity index (χ0n) is 18.1. The molecule has 0 radical (unpaired) electrons. The first-order chi connectivity index (χ1) is 14.8. The number of nitrogens with zero attached hydrogens (tertiary/aromatic N) is 6. The lowest BCUT2D eigenvalue weighted by Gasteiger charge is -2.11. The van der Waals surface area contributed by atoms with E-state index in [-0.39, 0.29) is 23.4 Å². The highest BCUT2D eigenvalue weighted by atomic mass is 32.2. The lowest BCUT2D eigenvalue weighted by atomic mass is 10.2. The first-order valence-electron chi connectivity index (χ1n) is 10.00. The predicted octanol–water partition coefficient (Wildman–Crippen LogP) is 2.02. The Hall–Kier alpha value is -2.66. The van der Waals surface area contributed by atoms with Crippen molar-refractivity contribution < 1.29 is 0 Å². The van der Waals surface area contributed by atoms with Crippen LogP contribution in [0.5, 0.6) is 0 Å². The molecule has 0 saturated carbocycles. The fraction of sp³-hybridized carbons (Fsp3) is 0.450. The standard InChI is InChI=1S/C20H24N6O3S2/c1-6-25-17(27)13-11(2)12(3)31-16(13)22-19(25)30-9-7-8-26-18(28)14-15(21-10-23(14)4)24(5)20(26)29/h10H,6-9H2,1-5H3. The van der Waals surface area contributed by atoms with Gasteiger partial charge in [0, 0.05) is 37.8 Å². The molecule has 4 aromatic heterocycles. The van der Waals surface area contributed by atoms with Gasteiger partial charge in [0.15, 0.2) is 16.3 Å². The van der Waals surface area contributed by atoms with Gasteiger partial charge < -0.3 is 4.57 Å². The largest absolute Gasteiger partial charge is 0.332 e. The number of imidazole rings is 1. The fourth-order valence-corrected chi connectivity index (χ4v) is 5.73. The Kier molecular flexibility index (Phi) is 5.65. The molecule has 0 aromatic carbocycles. The zero-order valence-corrected chi connectivity index (χ0v) is 19.8. The third-order valence-electron chi connectivity index (χ3n) is 5.53. The molecule has 4 rings (SSSR count). The third kappa shape index (κ3) is 3.45. The van der Waals surface area contributed by atoms with E-state index < -0.39 is 0 Å². The highest BCUT2D eigenvalue weighted by molar-refractivity contribution is 7.99. The van der Waals surface area contributed by atoms with E-state index in [1.165, 1.54) is 38.6 Å². The van der Waals surface area contributed by atoms with Gasteiger partial charge in [0.05, 0.1) is 11.7 Å². The normalized spacial score (nSPS) is 11.8. The number of thioether (sulfide) groups is 1. The van der Waals surface area contributed by atoms with Crippen LogP contribution in [0, 0.1) is 13.8 Å². The quantitative estimate of drug-likeness (QED) is 0.248. The van der Waals surface area contributed by atoms with Crippen LogP contribution in [0.15, 0.2) is 25.9 Å². The van der Waals surface area contributed by atoms with E-state index in [9.17, 15) is 14.4 Å². The lowest BCUT2D eigenvalue weighted by Crippen LogP contribution is -2.39. The van der Waals surface area contributed by atoms with Crippen LogP contribution in [0.1, 0.15) is 23.8 Å². The van der Waals surface area contributed by atoms with Crippen LogP contribution in [-0.4, -0.2) is 34.0 Å². The molecule has 0 amide bonds. The second-order valence-corrected chi connectivity index (χ2v) is 9.70. The van der Waals surface area contributed by atoms with Crippen LogP contribution in [0.3, 0.4) is 0 Å². The third-order valence-corrected chi connectivity index (χ3v) is 7.69. The molecule has 0 bridgehead atoms. The minimum atomic E-state index is -0.379. The lowest BCUT2D eigenvalue weighted by molar-refractivity contribution is 0.592. The summed E-state index contributed by atoms with van der Waals surface area (Å²) < 4.78 is 5.97. The average Bonchev–Trinajstić information content (AvgIpc) is 3.25. The van der Waals surface area contributed by atoms with E-state index in [2.05, 4.69) is 4.98 Å². The Bertz CT molecular complexity index is 1490. The van der Waals surface area contributed by atoms with Crippen LogP contribution >= 0.6 is 23.1 Å². The number of fused-ring (bicyclic) bond motifs is 2. The van der Waals surface area contributed by atoms with E-state index in [1.54, 1.807) is 23.2 Å². The number of thiophene rings is 1. The van der Waals surface area contributed by atoms with Crippen molar-refractivity contribution in [3.63, 3.8) is 0 Å². The van der Waals surface area contributed by atoms with Gasteiger partial charge in [-0.05, 0) is 32.8 Å². The van der Waals surface area contributed by atoms with Crippen LogP contribution in [0.25, 0.3) is 21.4 Å². The van der Waals surface area contributed by atoms with Crippen LogP contribution in [-0.2, 0) is 27.2 Å². The van der Waals surface area contributed by atoms with Crippen molar-refractivity contribution in [2.24, 2.45) is 14.1 Å². The number of hydrogen-bond donors (Lipinski definition) is 0. The van der Waals surface area contributed by atoms with Gasteiger partial charge in [0.25, 0.3) is 11.1 Å². The summed E-state index contributed by atoms with van der Waals surface area (Å²) in [7, 11) is 3.35. The summed E-state index contributed by atoms with van der Waals surface area (Å²) in [6.45, 7) is 6.72. The van der Waals surface area contributed by atoms with Crippen molar-refractivity contribution in [3.05, 3.63) is 48.0 Å². The fourth-order valence-electron chi connectivity index (χ4n) is 3.68. The zero-order chi connectivity index (χ0) is 22.4. The molecule has 0 aliphatic heterocycles. The topological polar surface area (TPSA) is 96.7 Å². The molecule has 4 aromatic rings. The molecule has 9 nitrogen and oxygen atoms in total. The number of rotatable bonds is 6. The number of aryl methyl sites for hydroxylation is 4. The average molecular weight is 461 g/mol. The van der Waals surface area contributed by atoms with Crippen molar-refractivity contribution >= 4 is 44.5 Å². The molecule has 0 atom stereocenters. The maximum Gasteiger partial charge on any atom is 0.332 e. The molecule has 0 aliphatic carbocycles. The molecular weight excluding hydrogens is 436 g/mol. The Morgan fingerprint density at radius 2 is 1.84 bits per heavy atom. The highest BCUT2D eigenvalue weighted by Gasteiger charge is 2.17. The van der Waals surface area contributed by atoms with Crippen LogP contribution in [0.4, 0.5) is 0 Å². The maximum absolute atomic E-state index is 12.9. The summed E-state index contributed by atoms with van der Waals surface area (Å²) in [5.41, 5.74) is 1.06. The maximum atomic E-state index is 12.9. The molecule has 11 heteroatoms. The summed E-state index contributed by atoms with van der Waals surface area (Å²) in [6, 6.07) is 0. The van der Waals surface area contributed by atoms with Crippen molar-refractivity contribution in [1.29, 1.82) is 0 Å². The van der Waals surface area contributed by atoms with Gasteiger partial charge in [-0.25, -0.2) is 14.8 Å². The molecule has 4 heterocycles. The van der Waals surface area contributed by atoms with E-state index in [1.807, 2.05) is 20.8 Å². The molecular formula is C20H24N6O3S2. The smallest absolute Gasteiger partial charge is 0.328 e. The molecule has 0 unspecified atom stereocenters. The van der Waals surface area contributed by atoms with Gasteiger partial charge in [-0.3, -0.25) is 23.3 Å². The molecule has 0 aliphatic rings. The Balaban J connectivity index is 1.58. The molecule has 0 fully saturated rings. The summed E-state index contributed by atoms with van der Waals surface area (Å²) in [6.07, 6.45) is 2.12. The van der Waals surface area contributed by atoms with Crippen LogP contribution in [0.2, 0.25) is 0 Å². The monoisotopic (exact) mass is 460 g/mol. The van der Waals surface area contributed by atoms with Gasteiger partial charge in [-0.2, -0.15) is 0 Å². The van der Waals surface area contributed by atoms with Crippen LogP contribution < -0.4 is 16.8 Å². The van der Waals surface area contributed by atoms with Crippen molar-refractivity contribution in [2.75, 3.05) is 5.75 Å². The van der Waals surface area contributed by atoms with E-state index in [0.717, 1.165) is 15.3 Å². The summed E-state index contributed by atoms with van der Waals surface area (Å²) >= 11 is 3.01.